The molecule has 2 aromatic rings. The van der Waals surface area contributed by atoms with Gasteiger partial charge in [-0.15, -0.1) is 11.6 Å². The van der Waals surface area contributed by atoms with Crippen molar-refractivity contribution in [2.75, 3.05) is 26.0 Å². The maximum atomic E-state index is 13.6. The van der Waals surface area contributed by atoms with E-state index in [-0.39, 0.29) is 5.02 Å². The lowest BCUT2D eigenvalue weighted by Crippen LogP contribution is -2.18. The first-order valence-corrected chi connectivity index (χ1v) is 8.08. The van der Waals surface area contributed by atoms with E-state index < -0.39 is 5.82 Å². The molecule has 1 aliphatic rings. The van der Waals surface area contributed by atoms with Gasteiger partial charge in [-0.3, -0.25) is 0 Å². The van der Waals surface area contributed by atoms with E-state index in [0.717, 1.165) is 31.0 Å². The zero-order chi connectivity index (χ0) is 15.0. The largest absolute Gasteiger partial charge is 0.328 e. The lowest BCUT2D eigenvalue weighted by Gasteiger charge is -2.14. The Morgan fingerprint density at radius 3 is 2.90 bits per heavy atom. The lowest BCUT2D eigenvalue weighted by atomic mass is 10.1. The van der Waals surface area contributed by atoms with Crippen LogP contribution in [0.15, 0.2) is 12.1 Å². The molecule has 0 radical (unpaired) electrons. The second-order valence-electron chi connectivity index (χ2n) is 5.75. The zero-order valence-corrected chi connectivity index (χ0v) is 13.5. The molecule has 1 aromatic carbocycles. The first-order valence-electron chi connectivity index (χ1n) is 7.17. The monoisotopic (exact) mass is 329 g/mol. The standard InChI is InChI=1S/C15H18Cl2FN3/c1-20-5-3-10(8-20)9-21-14-6-11(17)12(18)7-13(14)19-15(21)2-4-16/h6-7,10H,2-5,8-9H2,1H3. The van der Waals surface area contributed by atoms with Crippen LogP contribution in [0.25, 0.3) is 11.0 Å². The Morgan fingerprint density at radius 2 is 2.24 bits per heavy atom. The molecule has 1 fully saturated rings. The van der Waals surface area contributed by atoms with E-state index in [9.17, 15) is 4.39 Å². The van der Waals surface area contributed by atoms with Gasteiger partial charge in [0.1, 0.15) is 11.6 Å². The first kappa shape index (κ1) is 15.1. The fourth-order valence-corrected chi connectivity index (χ4v) is 3.41. The van der Waals surface area contributed by atoms with E-state index in [1.807, 2.05) is 0 Å². The average Bonchev–Trinajstić information content (AvgIpc) is 2.97. The van der Waals surface area contributed by atoms with Crippen molar-refractivity contribution in [2.24, 2.45) is 5.92 Å². The van der Waals surface area contributed by atoms with Crippen molar-refractivity contribution < 1.29 is 4.39 Å². The van der Waals surface area contributed by atoms with Gasteiger partial charge in [-0.1, -0.05) is 11.6 Å². The fourth-order valence-electron chi connectivity index (χ4n) is 3.08. The highest BCUT2D eigenvalue weighted by Gasteiger charge is 2.22. The van der Waals surface area contributed by atoms with Crippen molar-refractivity contribution in [1.82, 2.24) is 14.5 Å². The topological polar surface area (TPSA) is 21.1 Å². The molecular weight excluding hydrogens is 312 g/mol. The van der Waals surface area contributed by atoms with Crippen molar-refractivity contribution in [1.29, 1.82) is 0 Å². The molecule has 3 rings (SSSR count). The number of hydrogen-bond donors (Lipinski definition) is 0. The second kappa shape index (κ2) is 6.11. The summed E-state index contributed by atoms with van der Waals surface area (Å²) >= 11 is 11.8. The van der Waals surface area contributed by atoms with Crippen LogP contribution >= 0.6 is 23.2 Å². The predicted octanol–water partition coefficient (Wildman–Crippen LogP) is 3.56. The maximum absolute atomic E-state index is 13.6. The molecule has 6 heteroatoms. The molecule has 3 nitrogen and oxygen atoms in total. The number of benzene rings is 1. The van der Waals surface area contributed by atoms with Crippen molar-refractivity contribution in [2.45, 2.75) is 19.4 Å². The average molecular weight is 330 g/mol. The number of halogens is 3. The van der Waals surface area contributed by atoms with Gasteiger partial charge in [-0.2, -0.15) is 0 Å². The van der Waals surface area contributed by atoms with Crippen LogP contribution in [0.2, 0.25) is 5.02 Å². The molecule has 1 unspecified atom stereocenters. The summed E-state index contributed by atoms with van der Waals surface area (Å²) in [5.41, 5.74) is 1.56. The van der Waals surface area contributed by atoms with Crippen LogP contribution in [0.4, 0.5) is 4.39 Å². The van der Waals surface area contributed by atoms with Crippen molar-refractivity contribution >= 4 is 34.2 Å². The SMILES string of the molecule is CN1CCC(Cn2c(CCCl)nc3cc(F)c(Cl)cc32)C1. The van der Waals surface area contributed by atoms with Crippen molar-refractivity contribution in [3.63, 3.8) is 0 Å². The molecule has 0 saturated carbocycles. The first-order chi connectivity index (χ1) is 10.1. The molecule has 21 heavy (non-hydrogen) atoms. The highest BCUT2D eigenvalue weighted by atomic mass is 35.5. The molecular formula is C15H18Cl2FN3. The molecule has 0 spiro atoms. The van der Waals surface area contributed by atoms with Crippen LogP contribution in [0.5, 0.6) is 0 Å². The molecule has 0 bridgehead atoms. The van der Waals surface area contributed by atoms with E-state index in [1.54, 1.807) is 6.07 Å². The fraction of sp³-hybridized carbons (Fsp3) is 0.533. The lowest BCUT2D eigenvalue weighted by molar-refractivity contribution is 0.378. The summed E-state index contributed by atoms with van der Waals surface area (Å²) in [6, 6.07) is 3.09. The van der Waals surface area contributed by atoms with Gasteiger partial charge in [-0.05, 0) is 32.0 Å². The normalized spacial score (nSPS) is 19.7. The Morgan fingerprint density at radius 1 is 1.43 bits per heavy atom. The highest BCUT2D eigenvalue weighted by Crippen LogP contribution is 2.26. The number of imidazole rings is 1. The number of nitrogens with zero attached hydrogens (tertiary/aromatic N) is 3. The molecule has 1 aromatic heterocycles. The van der Waals surface area contributed by atoms with E-state index >= 15 is 0 Å². The van der Waals surface area contributed by atoms with Gasteiger partial charge in [0.25, 0.3) is 0 Å². The Balaban J connectivity index is 2.00. The Bertz CT molecular complexity index is 656. The Kier molecular flexibility index (Phi) is 4.38. The van der Waals surface area contributed by atoms with Gasteiger partial charge in [-0.25, -0.2) is 9.37 Å². The molecule has 1 atom stereocenters. The molecule has 0 N–H and O–H groups in total. The van der Waals surface area contributed by atoms with E-state index in [1.165, 1.54) is 12.5 Å². The van der Waals surface area contributed by atoms with E-state index in [2.05, 4.69) is 21.5 Å². The number of aryl methyl sites for hydroxylation is 1. The van der Waals surface area contributed by atoms with Crippen molar-refractivity contribution in [3.05, 3.63) is 28.8 Å². The molecule has 114 valence electrons. The van der Waals surface area contributed by atoms with Gasteiger partial charge in [0.15, 0.2) is 0 Å². The Labute approximate surface area is 133 Å². The number of fused-ring (bicyclic) bond motifs is 1. The predicted molar refractivity (Wildman–Crippen MR) is 84.7 cm³/mol. The third-order valence-electron chi connectivity index (χ3n) is 4.12. The summed E-state index contributed by atoms with van der Waals surface area (Å²) in [6.45, 7) is 3.08. The highest BCUT2D eigenvalue weighted by molar-refractivity contribution is 6.31. The molecule has 0 aliphatic carbocycles. The summed E-state index contributed by atoms with van der Waals surface area (Å²) in [4.78, 5) is 6.86. The number of rotatable bonds is 4. The van der Waals surface area contributed by atoms with Gasteiger partial charge in [0.05, 0.1) is 16.1 Å². The smallest absolute Gasteiger partial charge is 0.144 e. The maximum Gasteiger partial charge on any atom is 0.144 e. The summed E-state index contributed by atoms with van der Waals surface area (Å²) in [5.74, 6) is 1.58. The summed E-state index contributed by atoms with van der Waals surface area (Å²) in [7, 11) is 2.14. The summed E-state index contributed by atoms with van der Waals surface area (Å²) < 4.78 is 15.8. The van der Waals surface area contributed by atoms with Crippen LogP contribution in [-0.4, -0.2) is 40.5 Å². The summed E-state index contributed by atoms with van der Waals surface area (Å²) in [5, 5.41) is 0.143. The van der Waals surface area contributed by atoms with Crippen molar-refractivity contribution in [3.8, 4) is 0 Å². The zero-order valence-electron chi connectivity index (χ0n) is 12.0. The molecule has 1 saturated heterocycles. The summed E-state index contributed by atoms with van der Waals surface area (Å²) in [6.07, 6.45) is 1.85. The third-order valence-corrected chi connectivity index (χ3v) is 4.60. The minimum Gasteiger partial charge on any atom is -0.328 e. The van der Waals surface area contributed by atoms with Gasteiger partial charge >= 0.3 is 0 Å². The Hall–Kier alpha value is -0.840. The van der Waals surface area contributed by atoms with Crippen LogP contribution in [-0.2, 0) is 13.0 Å². The van der Waals surface area contributed by atoms with Crippen LogP contribution < -0.4 is 0 Å². The van der Waals surface area contributed by atoms with E-state index in [4.69, 9.17) is 23.2 Å². The van der Waals surface area contributed by atoms with Crippen LogP contribution in [0.1, 0.15) is 12.2 Å². The second-order valence-corrected chi connectivity index (χ2v) is 6.53. The number of alkyl halides is 1. The minimum atomic E-state index is -0.424. The number of hydrogen-bond acceptors (Lipinski definition) is 2. The molecule has 1 aliphatic heterocycles. The van der Waals surface area contributed by atoms with Gasteiger partial charge in [0.2, 0.25) is 0 Å². The minimum absolute atomic E-state index is 0.143. The van der Waals surface area contributed by atoms with E-state index in [0.29, 0.717) is 23.7 Å². The molecule has 2 heterocycles. The third kappa shape index (κ3) is 3.03. The van der Waals surface area contributed by atoms with Gasteiger partial charge < -0.3 is 9.47 Å². The molecule has 0 amide bonds. The number of aromatic nitrogens is 2. The quantitative estimate of drug-likeness (QED) is 0.799. The van der Waals surface area contributed by atoms with Gasteiger partial charge in [0, 0.05) is 31.5 Å². The van der Waals surface area contributed by atoms with Crippen LogP contribution in [0, 0.1) is 11.7 Å². The number of likely N-dealkylation sites (tertiary alicyclic amines) is 1. The van der Waals surface area contributed by atoms with Crippen LogP contribution in [0.3, 0.4) is 0 Å².